The Bertz CT molecular complexity index is 635. The fourth-order valence-corrected chi connectivity index (χ4v) is 2.16. The van der Waals surface area contributed by atoms with Crippen molar-refractivity contribution < 1.29 is 14.6 Å². The van der Waals surface area contributed by atoms with Gasteiger partial charge in [0.05, 0.1) is 18.7 Å². The number of aromatic nitrogens is 1. The summed E-state index contributed by atoms with van der Waals surface area (Å²) in [5, 5.41) is 8.86. The van der Waals surface area contributed by atoms with Crippen LogP contribution >= 0.6 is 0 Å². The molecule has 0 saturated carbocycles. The van der Waals surface area contributed by atoms with Gasteiger partial charge in [0.1, 0.15) is 5.75 Å². The second-order valence-electron chi connectivity index (χ2n) is 5.24. The van der Waals surface area contributed by atoms with Crippen LogP contribution in [0.1, 0.15) is 31.0 Å². The Morgan fingerprint density at radius 3 is 2.50 bits per heavy atom. The largest absolute Gasteiger partial charge is 0.494 e. The van der Waals surface area contributed by atoms with Gasteiger partial charge in [0.2, 0.25) is 0 Å². The van der Waals surface area contributed by atoms with Gasteiger partial charge in [-0.3, -0.25) is 9.78 Å². The maximum absolute atomic E-state index is 10.8. The molecule has 1 aromatic carbocycles. The summed E-state index contributed by atoms with van der Waals surface area (Å²) in [6.07, 6.45) is 2.17. The van der Waals surface area contributed by atoms with Crippen LogP contribution in [0, 0.1) is 6.92 Å². The number of ether oxygens (including phenoxy) is 1. The van der Waals surface area contributed by atoms with E-state index in [0.717, 1.165) is 47.7 Å². The summed E-state index contributed by atoms with van der Waals surface area (Å²) in [7, 11) is 0. The van der Waals surface area contributed by atoms with Gasteiger partial charge in [-0.25, -0.2) is 0 Å². The maximum Gasteiger partial charge on any atom is 0.307 e. The SMILES string of the molecule is CCCCOc1ccc(-c2ccc(CC(=O)O)c(C)n2)cc1. The van der Waals surface area contributed by atoms with Gasteiger partial charge >= 0.3 is 5.97 Å². The van der Waals surface area contributed by atoms with E-state index < -0.39 is 5.97 Å². The van der Waals surface area contributed by atoms with Crippen molar-refractivity contribution in [2.45, 2.75) is 33.1 Å². The average molecular weight is 299 g/mol. The second kappa shape index (κ2) is 7.59. The lowest BCUT2D eigenvalue weighted by Gasteiger charge is -2.08. The number of hydrogen-bond donors (Lipinski definition) is 1. The molecule has 0 radical (unpaired) electrons. The number of pyridine rings is 1. The fraction of sp³-hybridized carbons (Fsp3) is 0.333. The second-order valence-corrected chi connectivity index (χ2v) is 5.24. The monoisotopic (exact) mass is 299 g/mol. The van der Waals surface area contributed by atoms with Gasteiger partial charge in [-0.2, -0.15) is 0 Å². The molecule has 2 rings (SSSR count). The fourth-order valence-electron chi connectivity index (χ4n) is 2.16. The van der Waals surface area contributed by atoms with Crippen molar-refractivity contribution in [2.24, 2.45) is 0 Å². The number of carboxylic acid groups (broad SMARTS) is 1. The summed E-state index contributed by atoms with van der Waals surface area (Å²) in [6.45, 7) is 4.70. The third-order valence-electron chi connectivity index (χ3n) is 3.45. The summed E-state index contributed by atoms with van der Waals surface area (Å²) in [4.78, 5) is 15.3. The Kier molecular flexibility index (Phi) is 5.53. The number of hydrogen-bond acceptors (Lipinski definition) is 3. The van der Waals surface area contributed by atoms with Gasteiger partial charge in [-0.05, 0) is 49.2 Å². The van der Waals surface area contributed by atoms with Crippen molar-refractivity contribution in [1.82, 2.24) is 4.98 Å². The van der Waals surface area contributed by atoms with E-state index in [1.807, 2.05) is 43.3 Å². The Balaban J connectivity index is 2.11. The summed E-state index contributed by atoms with van der Waals surface area (Å²) in [6, 6.07) is 11.5. The van der Waals surface area contributed by atoms with E-state index in [1.54, 1.807) is 0 Å². The van der Waals surface area contributed by atoms with Crippen LogP contribution in [-0.2, 0) is 11.2 Å². The van der Waals surface area contributed by atoms with Gasteiger partial charge < -0.3 is 9.84 Å². The zero-order chi connectivity index (χ0) is 15.9. The first-order valence-corrected chi connectivity index (χ1v) is 7.51. The first-order valence-electron chi connectivity index (χ1n) is 7.51. The lowest BCUT2D eigenvalue weighted by molar-refractivity contribution is -0.136. The summed E-state index contributed by atoms with van der Waals surface area (Å²) >= 11 is 0. The van der Waals surface area contributed by atoms with Crippen molar-refractivity contribution in [3.05, 3.63) is 47.7 Å². The molecule has 0 amide bonds. The maximum atomic E-state index is 10.8. The molecule has 2 aromatic rings. The van der Waals surface area contributed by atoms with Crippen LogP contribution in [0.25, 0.3) is 11.3 Å². The van der Waals surface area contributed by atoms with Gasteiger partial charge in [-0.15, -0.1) is 0 Å². The highest BCUT2D eigenvalue weighted by Gasteiger charge is 2.07. The van der Waals surface area contributed by atoms with Crippen molar-refractivity contribution in [3.8, 4) is 17.0 Å². The topological polar surface area (TPSA) is 59.4 Å². The molecular weight excluding hydrogens is 278 g/mol. The highest BCUT2D eigenvalue weighted by atomic mass is 16.5. The molecule has 0 fully saturated rings. The Labute approximate surface area is 130 Å². The standard InChI is InChI=1S/C18H21NO3/c1-3-4-11-22-16-8-5-14(6-9-16)17-10-7-15(12-18(20)21)13(2)19-17/h5-10H,3-4,11-12H2,1-2H3,(H,20,21). The Morgan fingerprint density at radius 1 is 1.18 bits per heavy atom. The molecule has 22 heavy (non-hydrogen) atoms. The third-order valence-corrected chi connectivity index (χ3v) is 3.45. The van der Waals surface area contributed by atoms with Crippen LogP contribution < -0.4 is 4.74 Å². The minimum Gasteiger partial charge on any atom is -0.494 e. The zero-order valence-corrected chi connectivity index (χ0v) is 13.0. The molecule has 0 bridgehead atoms. The van der Waals surface area contributed by atoms with Crippen LogP contribution in [0.2, 0.25) is 0 Å². The van der Waals surface area contributed by atoms with Crippen molar-refractivity contribution in [3.63, 3.8) is 0 Å². The van der Waals surface area contributed by atoms with Crippen molar-refractivity contribution in [1.29, 1.82) is 0 Å². The summed E-state index contributed by atoms with van der Waals surface area (Å²) in [5.41, 5.74) is 3.33. The third kappa shape index (κ3) is 4.32. The molecule has 0 saturated heterocycles. The van der Waals surface area contributed by atoms with Crippen LogP contribution in [0.4, 0.5) is 0 Å². The molecule has 4 heteroatoms. The highest BCUT2D eigenvalue weighted by Crippen LogP contribution is 2.22. The smallest absolute Gasteiger partial charge is 0.307 e. The van der Waals surface area contributed by atoms with Crippen LogP contribution in [0.3, 0.4) is 0 Å². The molecule has 1 aromatic heterocycles. The van der Waals surface area contributed by atoms with Crippen LogP contribution in [0.15, 0.2) is 36.4 Å². The molecule has 116 valence electrons. The summed E-state index contributed by atoms with van der Waals surface area (Å²) < 4.78 is 5.64. The molecule has 1 heterocycles. The lowest BCUT2D eigenvalue weighted by Crippen LogP contribution is -2.03. The molecule has 0 unspecified atom stereocenters. The minimum atomic E-state index is -0.841. The number of rotatable bonds is 7. The molecule has 4 nitrogen and oxygen atoms in total. The van der Waals surface area contributed by atoms with Crippen molar-refractivity contribution >= 4 is 5.97 Å². The number of carbonyl (C=O) groups is 1. The van der Waals surface area contributed by atoms with E-state index >= 15 is 0 Å². The molecule has 0 aliphatic rings. The zero-order valence-electron chi connectivity index (χ0n) is 13.0. The van der Waals surface area contributed by atoms with E-state index in [-0.39, 0.29) is 6.42 Å². The van der Waals surface area contributed by atoms with Gasteiger partial charge in [-0.1, -0.05) is 19.4 Å². The first-order chi connectivity index (χ1) is 10.6. The number of benzene rings is 1. The van der Waals surface area contributed by atoms with E-state index in [9.17, 15) is 4.79 Å². The predicted molar refractivity (Wildman–Crippen MR) is 86.2 cm³/mol. The van der Waals surface area contributed by atoms with Crippen LogP contribution in [0.5, 0.6) is 5.75 Å². The van der Waals surface area contributed by atoms with Crippen molar-refractivity contribution in [2.75, 3.05) is 6.61 Å². The van der Waals surface area contributed by atoms with E-state index in [4.69, 9.17) is 9.84 Å². The molecule has 0 spiro atoms. The summed E-state index contributed by atoms with van der Waals surface area (Å²) in [5.74, 6) is 0.0163. The van der Waals surface area contributed by atoms with E-state index in [0.29, 0.717) is 0 Å². The number of unbranched alkanes of at least 4 members (excludes halogenated alkanes) is 1. The normalized spacial score (nSPS) is 10.5. The molecule has 0 aliphatic heterocycles. The highest BCUT2D eigenvalue weighted by molar-refractivity contribution is 5.71. The van der Waals surface area contributed by atoms with Crippen LogP contribution in [-0.4, -0.2) is 22.7 Å². The van der Waals surface area contributed by atoms with Gasteiger partial charge in [0.15, 0.2) is 0 Å². The number of aliphatic carboxylic acids is 1. The Morgan fingerprint density at radius 2 is 1.91 bits per heavy atom. The number of carboxylic acids is 1. The van der Waals surface area contributed by atoms with E-state index in [1.165, 1.54) is 0 Å². The lowest BCUT2D eigenvalue weighted by atomic mass is 10.1. The molecule has 1 N–H and O–H groups in total. The average Bonchev–Trinajstić information content (AvgIpc) is 2.50. The van der Waals surface area contributed by atoms with Gasteiger partial charge in [0, 0.05) is 11.3 Å². The number of aryl methyl sites for hydroxylation is 1. The molecular formula is C18H21NO3. The quantitative estimate of drug-likeness (QED) is 0.789. The minimum absolute atomic E-state index is 0.00329. The van der Waals surface area contributed by atoms with Gasteiger partial charge in [0.25, 0.3) is 0 Å². The van der Waals surface area contributed by atoms with E-state index in [2.05, 4.69) is 11.9 Å². The Hall–Kier alpha value is -2.36. The predicted octanol–water partition coefficient (Wildman–Crippen LogP) is 3.86. The molecule has 0 aliphatic carbocycles. The number of nitrogens with zero attached hydrogens (tertiary/aromatic N) is 1. The first kappa shape index (κ1) is 16.0. The molecule has 0 atom stereocenters.